The van der Waals surface area contributed by atoms with E-state index in [0.717, 1.165) is 29.3 Å². The first kappa shape index (κ1) is 32.0. The molecule has 44 heavy (non-hydrogen) atoms. The maximum atomic E-state index is 14.1. The number of nitrogens with one attached hydrogen (secondary N) is 1. The van der Waals surface area contributed by atoms with Gasteiger partial charge in [-0.2, -0.15) is 18.4 Å². The fourth-order valence-corrected chi connectivity index (χ4v) is 4.90. The molecule has 0 aliphatic carbocycles. The van der Waals surface area contributed by atoms with Crippen LogP contribution in [0.1, 0.15) is 34.2 Å². The van der Waals surface area contributed by atoms with Gasteiger partial charge in [0.15, 0.2) is 0 Å². The standard InChI is InChI=1S/C34H33F3N4O3/c1-22-12-13-27(23(2)16-22)21-41-31(19-30(34(35,36)37)29(20-38)32(41)42)26-10-5-8-24(17-26)25-9-6-11-28(18-25)39-33(43)44-15-7-14-40(3)4/h5-6,8-13,16-19H,7,14-15,21H2,1-4H3,(H,39,43). The van der Waals surface area contributed by atoms with E-state index in [1.54, 1.807) is 48.5 Å². The van der Waals surface area contributed by atoms with Crippen LogP contribution in [0, 0.1) is 25.2 Å². The molecule has 0 bridgehead atoms. The highest BCUT2D eigenvalue weighted by atomic mass is 19.4. The summed E-state index contributed by atoms with van der Waals surface area (Å²) in [6.45, 7) is 4.81. The van der Waals surface area contributed by atoms with E-state index in [-0.39, 0.29) is 18.8 Å². The highest BCUT2D eigenvalue weighted by Crippen LogP contribution is 2.35. The molecule has 0 saturated carbocycles. The summed E-state index contributed by atoms with van der Waals surface area (Å²) in [5, 5.41) is 12.3. The topological polar surface area (TPSA) is 87.4 Å². The third-order valence-corrected chi connectivity index (χ3v) is 7.13. The summed E-state index contributed by atoms with van der Waals surface area (Å²) in [5.74, 6) is 0. The molecule has 1 heterocycles. The summed E-state index contributed by atoms with van der Waals surface area (Å²) in [4.78, 5) is 27.7. The van der Waals surface area contributed by atoms with Gasteiger partial charge in [-0.25, -0.2) is 4.79 Å². The van der Waals surface area contributed by atoms with Crippen LogP contribution in [0.2, 0.25) is 0 Å². The second-order valence-corrected chi connectivity index (χ2v) is 10.8. The molecule has 1 N–H and O–H groups in total. The van der Waals surface area contributed by atoms with Crippen LogP contribution < -0.4 is 10.9 Å². The van der Waals surface area contributed by atoms with Gasteiger partial charge in [0.2, 0.25) is 0 Å². The van der Waals surface area contributed by atoms with Crippen molar-refractivity contribution < 1.29 is 22.7 Å². The van der Waals surface area contributed by atoms with Crippen LogP contribution in [0.15, 0.2) is 77.6 Å². The molecule has 0 aliphatic heterocycles. The van der Waals surface area contributed by atoms with Crippen LogP contribution >= 0.6 is 0 Å². The summed E-state index contributed by atoms with van der Waals surface area (Å²) in [5.41, 5.74) is 1.57. The number of nitrogens with zero attached hydrogens (tertiary/aromatic N) is 3. The molecule has 0 spiro atoms. The number of rotatable bonds is 9. The summed E-state index contributed by atoms with van der Waals surface area (Å²) in [7, 11) is 3.86. The number of aromatic nitrogens is 1. The van der Waals surface area contributed by atoms with Gasteiger partial charge in [-0.3, -0.25) is 10.1 Å². The summed E-state index contributed by atoms with van der Waals surface area (Å²) in [6, 6.07) is 21.7. The average Bonchev–Trinajstić information content (AvgIpc) is 2.97. The van der Waals surface area contributed by atoms with E-state index in [9.17, 15) is 28.0 Å². The number of aryl methyl sites for hydroxylation is 2. The lowest BCUT2D eigenvalue weighted by Crippen LogP contribution is -2.29. The van der Waals surface area contributed by atoms with Crippen LogP contribution in [0.5, 0.6) is 0 Å². The fourth-order valence-electron chi connectivity index (χ4n) is 4.90. The number of carbonyl (C=O) groups is 1. The fraction of sp³-hybridized carbons (Fsp3) is 0.265. The normalized spacial score (nSPS) is 11.3. The van der Waals surface area contributed by atoms with Gasteiger partial charge in [-0.1, -0.05) is 54.1 Å². The minimum atomic E-state index is -4.91. The predicted octanol–water partition coefficient (Wildman–Crippen LogP) is 7.24. The van der Waals surface area contributed by atoms with Crippen molar-refractivity contribution in [2.24, 2.45) is 0 Å². The molecule has 4 aromatic rings. The average molecular weight is 603 g/mol. The van der Waals surface area contributed by atoms with Gasteiger partial charge in [0, 0.05) is 12.2 Å². The first-order chi connectivity index (χ1) is 20.9. The molecular weight excluding hydrogens is 569 g/mol. The summed E-state index contributed by atoms with van der Waals surface area (Å²) < 4.78 is 48.6. The zero-order chi connectivity index (χ0) is 32.0. The third kappa shape index (κ3) is 7.74. The molecule has 10 heteroatoms. The van der Waals surface area contributed by atoms with Gasteiger partial charge < -0.3 is 14.2 Å². The third-order valence-electron chi connectivity index (χ3n) is 7.13. The van der Waals surface area contributed by atoms with Gasteiger partial charge >= 0.3 is 12.3 Å². The zero-order valence-corrected chi connectivity index (χ0v) is 25.0. The molecule has 0 aliphatic rings. The second kappa shape index (κ2) is 13.6. The monoisotopic (exact) mass is 602 g/mol. The van der Waals surface area contributed by atoms with E-state index in [1.807, 2.05) is 51.0 Å². The van der Waals surface area contributed by atoms with Crippen LogP contribution in [-0.2, 0) is 17.5 Å². The zero-order valence-electron chi connectivity index (χ0n) is 25.0. The number of pyridine rings is 1. The van der Waals surface area contributed by atoms with Crippen molar-refractivity contribution >= 4 is 11.8 Å². The molecule has 1 aromatic heterocycles. The number of amides is 1. The first-order valence-corrected chi connectivity index (χ1v) is 14.0. The van der Waals surface area contributed by atoms with Crippen molar-refractivity contribution in [3.8, 4) is 28.5 Å². The molecule has 0 atom stereocenters. The van der Waals surface area contributed by atoms with E-state index in [2.05, 4.69) is 5.32 Å². The molecule has 3 aromatic carbocycles. The van der Waals surface area contributed by atoms with Crippen molar-refractivity contribution in [3.05, 3.63) is 111 Å². The molecule has 228 valence electrons. The number of benzene rings is 3. The van der Waals surface area contributed by atoms with Gasteiger partial charge in [0.05, 0.1) is 24.4 Å². The van der Waals surface area contributed by atoms with E-state index >= 15 is 0 Å². The molecule has 0 saturated heterocycles. The van der Waals surface area contributed by atoms with E-state index in [4.69, 9.17) is 4.74 Å². The number of anilines is 1. The number of halogens is 3. The Bertz CT molecular complexity index is 1770. The number of hydrogen-bond donors (Lipinski definition) is 1. The van der Waals surface area contributed by atoms with Crippen LogP contribution in [0.25, 0.3) is 22.4 Å². The Hall–Kier alpha value is -4.88. The van der Waals surface area contributed by atoms with Crippen molar-refractivity contribution in [1.82, 2.24) is 9.47 Å². The number of ether oxygens (including phenoxy) is 1. The van der Waals surface area contributed by atoms with Crippen molar-refractivity contribution in [1.29, 1.82) is 5.26 Å². The molecule has 1 amide bonds. The van der Waals surface area contributed by atoms with Gasteiger partial charge in [-0.15, -0.1) is 0 Å². The highest BCUT2D eigenvalue weighted by Gasteiger charge is 2.36. The summed E-state index contributed by atoms with van der Waals surface area (Å²) >= 11 is 0. The molecule has 0 fully saturated rings. The van der Waals surface area contributed by atoms with Gasteiger partial charge in [0.1, 0.15) is 11.6 Å². The molecule has 4 rings (SSSR count). The molecular formula is C34H33F3N4O3. The predicted molar refractivity (Wildman–Crippen MR) is 164 cm³/mol. The van der Waals surface area contributed by atoms with Crippen molar-refractivity contribution in [2.75, 3.05) is 32.6 Å². The molecule has 0 unspecified atom stereocenters. The highest BCUT2D eigenvalue weighted by molar-refractivity contribution is 5.86. The Morgan fingerprint density at radius 2 is 1.66 bits per heavy atom. The number of alkyl halides is 3. The Balaban J connectivity index is 1.74. The van der Waals surface area contributed by atoms with Crippen LogP contribution in [0.3, 0.4) is 0 Å². The van der Waals surface area contributed by atoms with Crippen LogP contribution in [-0.4, -0.2) is 42.8 Å². The quantitative estimate of drug-likeness (QED) is 0.204. The van der Waals surface area contributed by atoms with E-state index in [0.29, 0.717) is 28.8 Å². The minimum absolute atomic E-state index is 0.0205. The van der Waals surface area contributed by atoms with Crippen molar-refractivity contribution in [2.45, 2.75) is 33.0 Å². The van der Waals surface area contributed by atoms with Crippen molar-refractivity contribution in [3.63, 3.8) is 0 Å². The largest absolute Gasteiger partial charge is 0.449 e. The van der Waals surface area contributed by atoms with E-state index in [1.165, 1.54) is 10.6 Å². The number of hydrogen-bond acceptors (Lipinski definition) is 5. The maximum Gasteiger partial charge on any atom is 0.417 e. The lowest BCUT2D eigenvalue weighted by molar-refractivity contribution is -0.137. The maximum absolute atomic E-state index is 14.1. The lowest BCUT2D eigenvalue weighted by Gasteiger charge is -2.19. The minimum Gasteiger partial charge on any atom is -0.449 e. The molecule has 0 radical (unpaired) electrons. The Morgan fingerprint density at radius 1 is 0.977 bits per heavy atom. The van der Waals surface area contributed by atoms with Crippen LogP contribution in [0.4, 0.5) is 23.7 Å². The Morgan fingerprint density at radius 3 is 2.32 bits per heavy atom. The first-order valence-electron chi connectivity index (χ1n) is 14.0. The smallest absolute Gasteiger partial charge is 0.417 e. The second-order valence-electron chi connectivity index (χ2n) is 10.8. The number of nitriles is 1. The van der Waals surface area contributed by atoms with Gasteiger partial charge in [0.25, 0.3) is 5.56 Å². The number of carbonyl (C=O) groups excluding carboxylic acids is 1. The molecule has 7 nitrogen and oxygen atoms in total. The Labute approximate surface area is 254 Å². The summed E-state index contributed by atoms with van der Waals surface area (Å²) in [6.07, 6.45) is -4.81. The Kier molecular flexibility index (Phi) is 9.91. The SMILES string of the molecule is Cc1ccc(Cn2c(-c3cccc(-c4cccc(NC(=O)OCCCN(C)C)c4)c3)cc(C(F)(F)F)c(C#N)c2=O)c(C)c1. The van der Waals surface area contributed by atoms with Gasteiger partial charge in [-0.05, 0) is 86.4 Å². The van der Waals surface area contributed by atoms with E-state index < -0.39 is 29.0 Å². The lowest BCUT2D eigenvalue weighted by atomic mass is 9.98.